The van der Waals surface area contributed by atoms with E-state index >= 15 is 0 Å². The lowest BCUT2D eigenvalue weighted by molar-refractivity contribution is -0.112. The highest BCUT2D eigenvalue weighted by Gasteiger charge is 2.33. The first-order valence-electron chi connectivity index (χ1n) is 10.2. The van der Waals surface area contributed by atoms with Gasteiger partial charge in [-0.15, -0.1) is 11.7 Å². The van der Waals surface area contributed by atoms with Gasteiger partial charge in [0.25, 0.3) is 5.91 Å². The number of amides is 1. The molecule has 1 amide bonds. The number of para-hydroxylation sites is 1. The maximum Gasteiger partial charge on any atom is 0.279 e. The lowest BCUT2D eigenvalue weighted by Crippen LogP contribution is -2.30. The van der Waals surface area contributed by atoms with Crippen molar-refractivity contribution in [2.45, 2.75) is 27.3 Å². The van der Waals surface area contributed by atoms with E-state index in [9.17, 15) is 4.79 Å². The molecule has 0 fully saturated rings. The molecule has 1 aliphatic rings. The third kappa shape index (κ3) is 3.97. The zero-order valence-corrected chi connectivity index (χ0v) is 18.0. The first-order valence-corrected chi connectivity index (χ1v) is 10.2. The van der Waals surface area contributed by atoms with Crippen LogP contribution in [0.15, 0.2) is 71.4 Å². The number of benzene rings is 2. The zero-order chi connectivity index (χ0) is 22.0. The van der Waals surface area contributed by atoms with Crippen molar-refractivity contribution in [3.63, 3.8) is 0 Å². The number of nitrogens with zero attached hydrogens (tertiary/aromatic N) is 5. The molecule has 1 aliphatic heterocycles. The fourth-order valence-corrected chi connectivity index (χ4v) is 3.73. The van der Waals surface area contributed by atoms with Gasteiger partial charge in [0.05, 0.1) is 24.1 Å². The number of hydrogen-bond donors (Lipinski definition) is 0. The molecule has 2 aromatic carbocycles. The Balaban J connectivity index is 1.60. The molecule has 31 heavy (non-hydrogen) atoms. The number of rotatable bonds is 6. The predicted molar refractivity (Wildman–Crippen MR) is 125 cm³/mol. The molecule has 156 valence electrons. The smallest absolute Gasteiger partial charge is 0.279 e. The van der Waals surface area contributed by atoms with Crippen LogP contribution in [0.1, 0.15) is 33.6 Å². The Morgan fingerprint density at radius 3 is 2.55 bits per heavy atom. The summed E-state index contributed by atoms with van der Waals surface area (Å²) in [5.41, 5.74) is 7.19. The molecule has 0 aliphatic carbocycles. The van der Waals surface area contributed by atoms with Crippen LogP contribution in [0, 0.1) is 20.8 Å². The molecule has 0 radical (unpaired) electrons. The number of aromatic nitrogens is 2. The van der Waals surface area contributed by atoms with Gasteiger partial charge in [-0.2, -0.15) is 10.2 Å². The molecule has 0 spiro atoms. The first kappa shape index (κ1) is 20.5. The third-order valence-corrected chi connectivity index (χ3v) is 5.44. The summed E-state index contributed by atoms with van der Waals surface area (Å²) in [6.07, 6.45) is 3.39. The molecule has 4 rings (SSSR count). The molecule has 3 aromatic rings. The van der Waals surface area contributed by atoms with E-state index in [0.717, 1.165) is 28.2 Å². The zero-order valence-electron chi connectivity index (χ0n) is 18.0. The highest BCUT2D eigenvalue weighted by atomic mass is 16.2. The summed E-state index contributed by atoms with van der Waals surface area (Å²) in [6.45, 7) is 10.9. The van der Waals surface area contributed by atoms with Gasteiger partial charge in [0, 0.05) is 23.4 Å². The average Bonchev–Trinajstić information content (AvgIpc) is 3.18. The molecular formula is C25H25N5O. The number of anilines is 1. The molecule has 0 N–H and O–H groups in total. The van der Waals surface area contributed by atoms with E-state index in [0.29, 0.717) is 18.8 Å². The summed E-state index contributed by atoms with van der Waals surface area (Å²) in [5, 5.41) is 13.2. The minimum Gasteiger partial charge on any atom is -0.302 e. The highest BCUT2D eigenvalue weighted by molar-refractivity contribution is 6.54. The van der Waals surface area contributed by atoms with Crippen LogP contribution in [0.3, 0.4) is 0 Å². The van der Waals surface area contributed by atoms with Gasteiger partial charge in [-0.3, -0.25) is 9.48 Å². The van der Waals surface area contributed by atoms with Crippen molar-refractivity contribution in [2.75, 3.05) is 11.4 Å². The lowest BCUT2D eigenvalue weighted by Gasteiger charge is -2.13. The summed E-state index contributed by atoms with van der Waals surface area (Å²) >= 11 is 0. The van der Waals surface area contributed by atoms with Gasteiger partial charge < -0.3 is 4.90 Å². The van der Waals surface area contributed by atoms with Gasteiger partial charge in [0.15, 0.2) is 5.71 Å². The quantitative estimate of drug-likeness (QED) is 0.346. The summed E-state index contributed by atoms with van der Waals surface area (Å²) in [4.78, 5) is 14.5. The topological polar surface area (TPSA) is 62.9 Å². The molecule has 2 heterocycles. The number of aryl methyl sites for hydroxylation is 2. The normalized spacial score (nSPS) is 14.6. The fraction of sp³-hybridized carbons (Fsp3) is 0.200. The molecule has 0 saturated carbocycles. The Hall–Kier alpha value is -3.80. The van der Waals surface area contributed by atoms with E-state index in [-0.39, 0.29) is 5.91 Å². The molecular weight excluding hydrogens is 386 g/mol. The van der Waals surface area contributed by atoms with Crippen molar-refractivity contribution < 1.29 is 4.79 Å². The van der Waals surface area contributed by atoms with Gasteiger partial charge in [-0.25, -0.2) is 0 Å². The van der Waals surface area contributed by atoms with Gasteiger partial charge in [0.2, 0.25) is 0 Å². The average molecular weight is 412 g/mol. The first-order chi connectivity index (χ1) is 15.0. The van der Waals surface area contributed by atoms with E-state index in [2.05, 4.69) is 53.1 Å². The number of carbonyl (C=O) groups is 1. The second-order valence-corrected chi connectivity index (χ2v) is 7.64. The van der Waals surface area contributed by atoms with Crippen molar-refractivity contribution in [3.8, 4) is 0 Å². The van der Waals surface area contributed by atoms with Crippen molar-refractivity contribution in [1.82, 2.24) is 9.78 Å². The minimum atomic E-state index is -0.165. The Morgan fingerprint density at radius 2 is 1.81 bits per heavy atom. The number of carbonyl (C=O) groups excluding carboxylic acids is 1. The molecule has 0 saturated heterocycles. The fourth-order valence-electron chi connectivity index (χ4n) is 3.73. The van der Waals surface area contributed by atoms with Gasteiger partial charge in [-0.1, -0.05) is 54.1 Å². The van der Waals surface area contributed by atoms with Crippen molar-refractivity contribution >= 4 is 23.5 Å². The molecule has 6 heteroatoms. The SMILES string of the molecule is C=CCN1C(=O)/C(=N/N=C\c2c(C)nn(Cc3ccc(C)cc3)c2C)c2ccccc21. The predicted octanol–water partition coefficient (Wildman–Crippen LogP) is 4.21. The standard InChI is InChI=1S/C25H25N5O/c1-5-14-29-23-9-7-6-8-21(23)24(25(29)31)27-26-15-22-18(3)28-30(19(22)4)16-20-12-10-17(2)11-13-20/h5-13,15H,1,14,16H2,2-4H3/b26-15-,27-24+. The molecule has 6 nitrogen and oxygen atoms in total. The maximum atomic E-state index is 12.8. The lowest BCUT2D eigenvalue weighted by atomic mass is 10.1. The maximum absolute atomic E-state index is 12.8. The number of hydrogen-bond acceptors (Lipinski definition) is 4. The Bertz CT molecular complexity index is 1200. The van der Waals surface area contributed by atoms with Crippen LogP contribution < -0.4 is 4.90 Å². The monoisotopic (exact) mass is 411 g/mol. The van der Waals surface area contributed by atoms with Crippen LogP contribution in [0.5, 0.6) is 0 Å². The van der Waals surface area contributed by atoms with Crippen molar-refractivity contribution in [1.29, 1.82) is 0 Å². The summed E-state index contributed by atoms with van der Waals surface area (Å²) in [6, 6.07) is 16.0. The largest absolute Gasteiger partial charge is 0.302 e. The van der Waals surface area contributed by atoms with E-state index in [1.54, 1.807) is 17.2 Å². The van der Waals surface area contributed by atoms with Crippen LogP contribution >= 0.6 is 0 Å². The number of fused-ring (bicyclic) bond motifs is 1. The van der Waals surface area contributed by atoms with Crippen molar-refractivity contribution in [2.24, 2.45) is 10.2 Å². The van der Waals surface area contributed by atoms with Gasteiger partial charge in [-0.05, 0) is 32.4 Å². The highest BCUT2D eigenvalue weighted by Crippen LogP contribution is 2.29. The van der Waals surface area contributed by atoms with Crippen LogP contribution in [-0.4, -0.2) is 34.2 Å². The van der Waals surface area contributed by atoms with E-state index < -0.39 is 0 Å². The Kier molecular flexibility index (Phi) is 5.62. The van der Waals surface area contributed by atoms with Crippen LogP contribution in [-0.2, 0) is 11.3 Å². The summed E-state index contributed by atoms with van der Waals surface area (Å²) in [5.74, 6) is -0.165. The van der Waals surface area contributed by atoms with E-state index in [1.165, 1.54) is 11.1 Å². The van der Waals surface area contributed by atoms with E-state index in [4.69, 9.17) is 0 Å². The minimum absolute atomic E-state index is 0.165. The molecule has 1 aromatic heterocycles. The van der Waals surface area contributed by atoms with Crippen LogP contribution in [0.2, 0.25) is 0 Å². The third-order valence-electron chi connectivity index (χ3n) is 5.44. The second-order valence-electron chi connectivity index (χ2n) is 7.64. The molecule has 0 unspecified atom stereocenters. The van der Waals surface area contributed by atoms with Gasteiger partial charge in [0.1, 0.15) is 0 Å². The molecule has 0 atom stereocenters. The Labute approximate surface area is 182 Å². The molecule has 0 bridgehead atoms. The van der Waals surface area contributed by atoms with Crippen LogP contribution in [0.25, 0.3) is 0 Å². The van der Waals surface area contributed by atoms with Crippen LogP contribution in [0.4, 0.5) is 5.69 Å². The Morgan fingerprint density at radius 1 is 1.06 bits per heavy atom. The second kappa shape index (κ2) is 8.52. The van der Waals surface area contributed by atoms with Crippen molar-refractivity contribution in [3.05, 3.63) is 94.8 Å². The summed E-state index contributed by atoms with van der Waals surface area (Å²) in [7, 11) is 0. The summed E-state index contributed by atoms with van der Waals surface area (Å²) < 4.78 is 1.97. The van der Waals surface area contributed by atoms with E-state index in [1.807, 2.05) is 42.8 Å². The van der Waals surface area contributed by atoms with Gasteiger partial charge >= 0.3 is 0 Å².